The number of carbonyl (C=O) groups is 2. The number of H-pyrrole nitrogens is 1. The van der Waals surface area contributed by atoms with Crippen molar-refractivity contribution in [1.82, 2.24) is 9.88 Å². The number of piperidine rings is 1. The van der Waals surface area contributed by atoms with Gasteiger partial charge in [-0.3, -0.25) is 14.4 Å². The summed E-state index contributed by atoms with van der Waals surface area (Å²) in [6.07, 6.45) is 2.81. The van der Waals surface area contributed by atoms with Gasteiger partial charge in [0.2, 0.25) is 5.56 Å². The number of benzene rings is 1. The Morgan fingerprint density at radius 1 is 1.08 bits per heavy atom. The molecule has 1 aromatic heterocycles. The molecule has 5 nitrogen and oxygen atoms in total. The number of hydrogen-bond acceptors (Lipinski definition) is 3. The summed E-state index contributed by atoms with van der Waals surface area (Å²) >= 11 is 0. The zero-order valence-corrected chi connectivity index (χ0v) is 13.0. The van der Waals surface area contributed by atoms with Gasteiger partial charge >= 0.3 is 0 Å². The van der Waals surface area contributed by atoms with Crippen LogP contribution in [0.1, 0.15) is 33.6 Å². The van der Waals surface area contributed by atoms with E-state index < -0.39 is 0 Å². The van der Waals surface area contributed by atoms with E-state index in [2.05, 4.69) is 4.98 Å². The summed E-state index contributed by atoms with van der Waals surface area (Å²) < 4.78 is 13.0. The molecule has 0 spiro atoms. The van der Waals surface area contributed by atoms with Gasteiger partial charge in [0.25, 0.3) is 5.91 Å². The van der Waals surface area contributed by atoms with Crippen LogP contribution in [0.4, 0.5) is 4.39 Å². The van der Waals surface area contributed by atoms with Gasteiger partial charge in [-0.2, -0.15) is 0 Å². The molecule has 3 rings (SSSR count). The number of hydrogen-bond donors (Lipinski definition) is 1. The van der Waals surface area contributed by atoms with E-state index in [-0.39, 0.29) is 29.0 Å². The number of ketones is 1. The number of pyridine rings is 1. The number of Topliss-reactive ketones (excluding diaryl/α,β-unsaturated/α-hetero) is 1. The highest BCUT2D eigenvalue weighted by Crippen LogP contribution is 2.22. The molecule has 1 N–H and O–H groups in total. The molecule has 1 fully saturated rings. The van der Waals surface area contributed by atoms with Gasteiger partial charge in [0, 0.05) is 36.8 Å². The topological polar surface area (TPSA) is 70.2 Å². The van der Waals surface area contributed by atoms with Gasteiger partial charge in [-0.15, -0.1) is 0 Å². The van der Waals surface area contributed by atoms with E-state index in [0.717, 1.165) is 6.42 Å². The molecule has 1 aromatic carbocycles. The van der Waals surface area contributed by atoms with E-state index in [4.69, 9.17) is 0 Å². The van der Waals surface area contributed by atoms with E-state index >= 15 is 0 Å². The fraction of sp³-hybridized carbons (Fsp3) is 0.278. The van der Waals surface area contributed by atoms with Crippen molar-refractivity contribution in [3.05, 3.63) is 69.9 Å². The highest BCUT2D eigenvalue weighted by Gasteiger charge is 2.29. The monoisotopic (exact) mass is 328 g/mol. The molecule has 0 saturated carbocycles. The summed E-state index contributed by atoms with van der Waals surface area (Å²) in [7, 11) is 0. The van der Waals surface area contributed by atoms with Crippen LogP contribution in [0.25, 0.3) is 0 Å². The van der Waals surface area contributed by atoms with Gasteiger partial charge < -0.3 is 9.88 Å². The first kappa shape index (κ1) is 16.1. The van der Waals surface area contributed by atoms with Gasteiger partial charge in [0.15, 0.2) is 5.78 Å². The summed E-state index contributed by atoms with van der Waals surface area (Å²) in [5.41, 5.74) is 0.582. The molecule has 2 aromatic rings. The average Bonchev–Trinajstić information content (AvgIpc) is 2.62. The van der Waals surface area contributed by atoms with Crippen molar-refractivity contribution >= 4 is 11.7 Å². The number of halogens is 1. The second-order valence-electron chi connectivity index (χ2n) is 5.90. The number of likely N-dealkylation sites (tertiary alicyclic amines) is 1. The minimum Gasteiger partial charge on any atom is -0.338 e. The standard InChI is InChI=1S/C18H17FN2O3/c19-15-6-3-12(4-7-15)17(23)14-2-1-9-21(11-14)18(24)13-5-8-16(22)20-10-13/h3-8,10,14H,1-2,9,11H2,(H,20,22)/t14-/m0/s1. The van der Waals surface area contributed by atoms with Crippen molar-refractivity contribution in [2.24, 2.45) is 5.92 Å². The maximum absolute atomic E-state index is 13.0. The number of rotatable bonds is 3. The van der Waals surface area contributed by atoms with Crippen molar-refractivity contribution in [2.45, 2.75) is 12.8 Å². The Labute approximate surface area is 138 Å². The molecule has 24 heavy (non-hydrogen) atoms. The predicted molar refractivity (Wildman–Crippen MR) is 86.4 cm³/mol. The lowest BCUT2D eigenvalue weighted by Gasteiger charge is -2.32. The third-order valence-corrected chi connectivity index (χ3v) is 4.24. The summed E-state index contributed by atoms with van der Waals surface area (Å²) in [6.45, 7) is 0.902. The highest BCUT2D eigenvalue weighted by molar-refractivity contribution is 5.99. The third-order valence-electron chi connectivity index (χ3n) is 4.24. The van der Waals surface area contributed by atoms with E-state index in [0.29, 0.717) is 30.6 Å². The Morgan fingerprint density at radius 3 is 2.46 bits per heavy atom. The summed E-state index contributed by atoms with van der Waals surface area (Å²) in [5.74, 6) is -0.960. The van der Waals surface area contributed by atoms with Crippen LogP contribution in [0.2, 0.25) is 0 Å². The predicted octanol–water partition coefficient (Wildman–Crippen LogP) is 2.25. The number of aromatic nitrogens is 1. The van der Waals surface area contributed by atoms with Crippen molar-refractivity contribution in [3.63, 3.8) is 0 Å². The van der Waals surface area contributed by atoms with Gasteiger partial charge in [-0.05, 0) is 43.2 Å². The van der Waals surface area contributed by atoms with Crippen LogP contribution in [0.3, 0.4) is 0 Å². The van der Waals surface area contributed by atoms with E-state index in [1.54, 1.807) is 4.90 Å². The lowest BCUT2D eigenvalue weighted by atomic mass is 9.89. The second-order valence-corrected chi connectivity index (χ2v) is 5.90. The average molecular weight is 328 g/mol. The zero-order chi connectivity index (χ0) is 17.1. The minimum absolute atomic E-state index is 0.0750. The Bertz CT molecular complexity index is 793. The molecule has 1 atom stereocenters. The van der Waals surface area contributed by atoms with Crippen LogP contribution in [0.5, 0.6) is 0 Å². The normalized spacial score (nSPS) is 17.5. The maximum atomic E-state index is 13.0. The van der Waals surface area contributed by atoms with Gasteiger partial charge in [0.1, 0.15) is 5.82 Å². The molecular weight excluding hydrogens is 311 g/mol. The van der Waals surface area contributed by atoms with E-state index in [9.17, 15) is 18.8 Å². The molecule has 1 aliphatic heterocycles. The van der Waals surface area contributed by atoms with Crippen LogP contribution in [-0.2, 0) is 0 Å². The third kappa shape index (κ3) is 3.42. The molecule has 0 aliphatic carbocycles. The molecule has 1 saturated heterocycles. The fourth-order valence-corrected chi connectivity index (χ4v) is 2.95. The Hall–Kier alpha value is -2.76. The van der Waals surface area contributed by atoms with E-state index in [1.165, 1.54) is 42.6 Å². The van der Waals surface area contributed by atoms with Gasteiger partial charge in [-0.25, -0.2) is 4.39 Å². The van der Waals surface area contributed by atoms with Gasteiger partial charge in [0.05, 0.1) is 5.56 Å². The van der Waals surface area contributed by atoms with Crippen molar-refractivity contribution < 1.29 is 14.0 Å². The van der Waals surface area contributed by atoms with E-state index in [1.807, 2.05) is 0 Å². The van der Waals surface area contributed by atoms with Crippen molar-refractivity contribution in [2.75, 3.05) is 13.1 Å². The smallest absolute Gasteiger partial charge is 0.255 e. The highest BCUT2D eigenvalue weighted by atomic mass is 19.1. The number of nitrogens with one attached hydrogen (secondary N) is 1. The zero-order valence-electron chi connectivity index (χ0n) is 13.0. The molecule has 0 unspecified atom stereocenters. The molecule has 1 amide bonds. The molecule has 0 bridgehead atoms. The van der Waals surface area contributed by atoms with Crippen LogP contribution < -0.4 is 5.56 Å². The van der Waals surface area contributed by atoms with Crippen molar-refractivity contribution in [3.8, 4) is 0 Å². The molecular formula is C18H17FN2O3. The lowest BCUT2D eigenvalue weighted by Crippen LogP contribution is -2.42. The summed E-state index contributed by atoms with van der Waals surface area (Å²) in [6, 6.07) is 8.25. The molecule has 2 heterocycles. The van der Waals surface area contributed by atoms with Crippen LogP contribution in [-0.4, -0.2) is 34.7 Å². The maximum Gasteiger partial charge on any atom is 0.255 e. The first-order chi connectivity index (χ1) is 11.5. The molecule has 0 radical (unpaired) electrons. The quantitative estimate of drug-likeness (QED) is 0.879. The molecule has 124 valence electrons. The largest absolute Gasteiger partial charge is 0.338 e. The van der Waals surface area contributed by atoms with Crippen LogP contribution in [0, 0.1) is 11.7 Å². The molecule has 6 heteroatoms. The lowest BCUT2D eigenvalue weighted by molar-refractivity contribution is 0.0636. The number of carbonyl (C=O) groups excluding carboxylic acids is 2. The first-order valence-electron chi connectivity index (χ1n) is 7.82. The van der Waals surface area contributed by atoms with Crippen LogP contribution in [0.15, 0.2) is 47.4 Å². The number of amides is 1. The van der Waals surface area contributed by atoms with Crippen molar-refractivity contribution in [1.29, 1.82) is 0 Å². The minimum atomic E-state index is -0.384. The Kier molecular flexibility index (Phi) is 4.55. The summed E-state index contributed by atoms with van der Waals surface area (Å²) in [5, 5.41) is 0. The Balaban J connectivity index is 1.73. The van der Waals surface area contributed by atoms with Crippen LogP contribution >= 0.6 is 0 Å². The Morgan fingerprint density at radius 2 is 1.79 bits per heavy atom. The fourth-order valence-electron chi connectivity index (χ4n) is 2.95. The molecule has 1 aliphatic rings. The second kappa shape index (κ2) is 6.78. The van der Waals surface area contributed by atoms with Gasteiger partial charge in [-0.1, -0.05) is 0 Å². The summed E-state index contributed by atoms with van der Waals surface area (Å²) in [4.78, 5) is 40.3. The number of aromatic amines is 1. The number of nitrogens with zero attached hydrogens (tertiary/aromatic N) is 1. The SMILES string of the molecule is O=C(c1ccc(F)cc1)[C@H]1CCCN(C(=O)c2ccc(=O)[nH]c2)C1. The first-order valence-corrected chi connectivity index (χ1v) is 7.82.